The second-order valence-electron chi connectivity index (χ2n) is 5.78. The third-order valence-corrected chi connectivity index (χ3v) is 4.98. The fourth-order valence-corrected chi connectivity index (χ4v) is 3.41. The number of likely N-dealkylation sites (tertiary alicyclic amines) is 1. The van der Waals surface area contributed by atoms with Gasteiger partial charge in [0.25, 0.3) is 0 Å². The van der Waals surface area contributed by atoms with Crippen molar-refractivity contribution in [1.29, 1.82) is 0 Å². The maximum atomic E-state index is 12.2. The molecule has 1 aromatic rings. The minimum atomic E-state index is -0.860. The van der Waals surface area contributed by atoms with Gasteiger partial charge in [-0.3, -0.25) is 9.59 Å². The molecule has 0 spiro atoms. The summed E-state index contributed by atoms with van der Waals surface area (Å²) in [5, 5.41) is 11.8. The summed E-state index contributed by atoms with van der Waals surface area (Å²) in [5.41, 5.74) is 1.72. The number of thioether (sulfide) groups is 1. The fraction of sp³-hybridized carbons (Fsp3) is 0.471. The van der Waals surface area contributed by atoms with E-state index in [0.717, 1.165) is 11.3 Å². The molecule has 0 aliphatic carbocycles. The number of amides is 2. The molecular formula is C17H22N2O5S. The highest BCUT2D eigenvalue weighted by Gasteiger charge is 2.30. The number of benzene rings is 1. The number of hydrogen-bond donors (Lipinski definition) is 2. The first-order valence-electron chi connectivity index (χ1n) is 8.02. The van der Waals surface area contributed by atoms with Gasteiger partial charge in [0.1, 0.15) is 0 Å². The van der Waals surface area contributed by atoms with Crippen molar-refractivity contribution in [1.82, 2.24) is 4.90 Å². The molecule has 2 rings (SSSR count). The topological polar surface area (TPSA) is 95.9 Å². The Balaban J connectivity index is 1.81. The smallest absolute Gasteiger partial charge is 0.321 e. The summed E-state index contributed by atoms with van der Waals surface area (Å²) < 4.78 is 4.60. The predicted molar refractivity (Wildman–Crippen MR) is 95.6 cm³/mol. The average molecular weight is 366 g/mol. The van der Waals surface area contributed by atoms with Crippen molar-refractivity contribution < 1.29 is 24.2 Å². The molecule has 0 saturated carbocycles. The Labute approximate surface area is 150 Å². The van der Waals surface area contributed by atoms with E-state index in [2.05, 4.69) is 10.1 Å². The van der Waals surface area contributed by atoms with E-state index in [1.165, 1.54) is 12.0 Å². The summed E-state index contributed by atoms with van der Waals surface area (Å²) in [7, 11) is 1.37. The van der Waals surface area contributed by atoms with E-state index >= 15 is 0 Å². The van der Waals surface area contributed by atoms with Crippen LogP contribution >= 0.6 is 11.8 Å². The minimum absolute atomic E-state index is 0.223. The second-order valence-corrected chi connectivity index (χ2v) is 6.88. The summed E-state index contributed by atoms with van der Waals surface area (Å²) in [6.07, 6.45) is 0.858. The first-order valence-corrected chi connectivity index (χ1v) is 9.17. The third kappa shape index (κ3) is 5.97. The van der Waals surface area contributed by atoms with Crippen molar-refractivity contribution in [3.63, 3.8) is 0 Å². The van der Waals surface area contributed by atoms with Gasteiger partial charge in [0.05, 0.1) is 19.4 Å². The lowest BCUT2D eigenvalue weighted by Crippen LogP contribution is -2.33. The Morgan fingerprint density at radius 1 is 1.40 bits per heavy atom. The Bertz CT molecular complexity index is 637. The van der Waals surface area contributed by atoms with Gasteiger partial charge in [0.2, 0.25) is 0 Å². The number of ether oxygens (including phenoxy) is 1. The van der Waals surface area contributed by atoms with Gasteiger partial charge in [-0.25, -0.2) is 4.79 Å². The highest BCUT2D eigenvalue weighted by atomic mass is 32.2. The number of aliphatic carboxylic acids is 1. The second kappa shape index (κ2) is 9.31. The van der Waals surface area contributed by atoms with Gasteiger partial charge in [0, 0.05) is 30.3 Å². The molecule has 1 aromatic carbocycles. The monoisotopic (exact) mass is 366 g/mol. The van der Waals surface area contributed by atoms with E-state index < -0.39 is 11.9 Å². The number of nitrogens with zero attached hydrogens (tertiary/aromatic N) is 1. The average Bonchev–Trinajstić information content (AvgIpc) is 3.09. The molecule has 1 aliphatic rings. The van der Waals surface area contributed by atoms with Gasteiger partial charge in [-0.15, -0.1) is 0 Å². The van der Waals surface area contributed by atoms with Gasteiger partial charge in [-0.2, -0.15) is 11.8 Å². The lowest BCUT2D eigenvalue weighted by molar-refractivity contribution is -0.141. The number of methoxy groups -OCH3 is 1. The summed E-state index contributed by atoms with van der Waals surface area (Å²) >= 11 is 1.62. The molecule has 1 unspecified atom stereocenters. The van der Waals surface area contributed by atoms with E-state index in [0.29, 0.717) is 30.8 Å². The van der Waals surface area contributed by atoms with Crippen LogP contribution in [0.25, 0.3) is 0 Å². The molecule has 0 bridgehead atoms. The number of carbonyl (C=O) groups excluding carboxylic acids is 2. The number of hydrogen-bond acceptors (Lipinski definition) is 5. The van der Waals surface area contributed by atoms with Crippen molar-refractivity contribution in [2.75, 3.05) is 31.3 Å². The summed E-state index contributed by atoms with van der Waals surface area (Å²) in [6, 6.07) is 7.21. The summed E-state index contributed by atoms with van der Waals surface area (Å²) in [5.74, 6) is -0.164. The number of carboxylic acid groups (broad SMARTS) is 1. The summed E-state index contributed by atoms with van der Waals surface area (Å²) in [4.78, 5) is 35.8. The van der Waals surface area contributed by atoms with Gasteiger partial charge in [-0.1, -0.05) is 12.1 Å². The molecule has 8 heteroatoms. The van der Waals surface area contributed by atoms with Crippen molar-refractivity contribution >= 4 is 35.4 Å². The van der Waals surface area contributed by atoms with E-state index in [1.807, 2.05) is 18.2 Å². The molecule has 0 aromatic heterocycles. The minimum Gasteiger partial charge on any atom is -0.481 e. The Hall–Kier alpha value is -2.22. The lowest BCUT2D eigenvalue weighted by Gasteiger charge is -2.17. The fourth-order valence-electron chi connectivity index (χ4n) is 2.54. The highest BCUT2D eigenvalue weighted by Crippen LogP contribution is 2.20. The van der Waals surface area contributed by atoms with E-state index in [9.17, 15) is 14.4 Å². The molecule has 2 N–H and O–H groups in total. The highest BCUT2D eigenvalue weighted by molar-refractivity contribution is 7.98. The van der Waals surface area contributed by atoms with E-state index in [-0.39, 0.29) is 18.5 Å². The van der Waals surface area contributed by atoms with Gasteiger partial charge in [0.15, 0.2) is 0 Å². The van der Waals surface area contributed by atoms with Crippen LogP contribution in [0.4, 0.5) is 10.5 Å². The normalized spacial score (nSPS) is 16.5. The van der Waals surface area contributed by atoms with Crippen LogP contribution < -0.4 is 5.32 Å². The van der Waals surface area contributed by atoms with Crippen LogP contribution in [0.2, 0.25) is 0 Å². The van der Waals surface area contributed by atoms with Crippen LogP contribution in [0.3, 0.4) is 0 Å². The molecule has 25 heavy (non-hydrogen) atoms. The molecule has 7 nitrogen and oxygen atoms in total. The zero-order valence-electron chi connectivity index (χ0n) is 14.1. The van der Waals surface area contributed by atoms with Crippen molar-refractivity contribution in [2.24, 2.45) is 5.92 Å². The van der Waals surface area contributed by atoms with Crippen molar-refractivity contribution in [3.8, 4) is 0 Å². The van der Waals surface area contributed by atoms with Crippen molar-refractivity contribution in [2.45, 2.75) is 18.6 Å². The Morgan fingerprint density at radius 3 is 2.88 bits per heavy atom. The van der Waals surface area contributed by atoms with Crippen LogP contribution in [0.1, 0.15) is 18.4 Å². The third-order valence-electron chi connectivity index (χ3n) is 3.95. The maximum absolute atomic E-state index is 12.2. The molecule has 2 amide bonds. The van der Waals surface area contributed by atoms with Gasteiger partial charge in [-0.05, 0) is 24.1 Å². The first-order chi connectivity index (χ1) is 12.0. The van der Waals surface area contributed by atoms with E-state index in [1.54, 1.807) is 17.8 Å². The molecule has 1 heterocycles. The largest absolute Gasteiger partial charge is 0.481 e. The first kappa shape index (κ1) is 19.1. The number of carboxylic acids is 1. The Morgan fingerprint density at radius 2 is 2.20 bits per heavy atom. The van der Waals surface area contributed by atoms with E-state index in [4.69, 9.17) is 5.11 Å². The molecular weight excluding hydrogens is 344 g/mol. The van der Waals surface area contributed by atoms with Crippen LogP contribution in [-0.4, -0.2) is 53.9 Å². The molecule has 1 atom stereocenters. The Kier molecular flexibility index (Phi) is 7.12. The van der Waals surface area contributed by atoms with Crippen LogP contribution in [0.15, 0.2) is 24.3 Å². The zero-order valence-corrected chi connectivity index (χ0v) is 14.9. The van der Waals surface area contributed by atoms with Crippen LogP contribution in [0.5, 0.6) is 0 Å². The molecule has 1 fully saturated rings. The van der Waals surface area contributed by atoms with Crippen LogP contribution in [-0.2, 0) is 20.1 Å². The molecule has 1 saturated heterocycles. The van der Waals surface area contributed by atoms with Gasteiger partial charge < -0.3 is 20.1 Å². The number of nitrogens with one attached hydrogen (secondary N) is 1. The number of anilines is 1. The zero-order chi connectivity index (χ0) is 18.2. The quantitative estimate of drug-likeness (QED) is 0.568. The molecule has 0 radical (unpaired) electrons. The number of urea groups is 1. The number of rotatable bonds is 7. The van der Waals surface area contributed by atoms with Gasteiger partial charge >= 0.3 is 18.0 Å². The maximum Gasteiger partial charge on any atom is 0.321 e. The number of carbonyl (C=O) groups is 3. The van der Waals surface area contributed by atoms with Crippen molar-refractivity contribution in [3.05, 3.63) is 29.8 Å². The van der Waals surface area contributed by atoms with Crippen LogP contribution in [0, 0.1) is 5.92 Å². The summed E-state index contributed by atoms with van der Waals surface area (Å²) in [6.45, 7) is 0.691. The number of esters is 1. The standard InChI is InChI=1S/C17H22N2O5S/c1-24-15(20)6-8-25-11-12-3-2-4-14(9-12)18-17(23)19-7-5-13(10-19)16(21)22/h2-4,9,13H,5-8,10-11H2,1H3,(H,18,23)(H,21,22). The molecule has 136 valence electrons. The predicted octanol–water partition coefficient (Wildman–Crippen LogP) is 2.42. The lowest BCUT2D eigenvalue weighted by atomic mass is 10.1. The molecule has 1 aliphatic heterocycles. The SMILES string of the molecule is COC(=O)CCSCc1cccc(NC(=O)N2CCC(C(=O)O)C2)c1.